The molecule has 0 radical (unpaired) electrons. The Labute approximate surface area is 150 Å². The average Bonchev–Trinajstić information content (AvgIpc) is 3.06. The van der Waals surface area contributed by atoms with Gasteiger partial charge in [0, 0.05) is 10.9 Å². The summed E-state index contributed by atoms with van der Waals surface area (Å²) in [5.41, 5.74) is 4.79. The quantitative estimate of drug-likeness (QED) is 0.491. The van der Waals surface area contributed by atoms with E-state index in [-0.39, 0.29) is 0 Å². The lowest BCUT2D eigenvalue weighted by atomic mass is 10.2. The summed E-state index contributed by atoms with van der Waals surface area (Å²) >= 11 is 1.34. The Morgan fingerprint density at radius 2 is 1.92 bits per heavy atom. The third kappa shape index (κ3) is 4.73. The van der Waals surface area contributed by atoms with Crippen molar-refractivity contribution in [2.45, 2.75) is 6.36 Å². The van der Waals surface area contributed by atoms with Gasteiger partial charge in [0.15, 0.2) is 11.5 Å². The number of ether oxygens (including phenoxy) is 1. The van der Waals surface area contributed by atoms with Crippen LogP contribution in [0.1, 0.15) is 5.56 Å². The Morgan fingerprint density at radius 1 is 1.15 bits per heavy atom. The summed E-state index contributed by atoms with van der Waals surface area (Å²) in [5.74, 6) is -1.30. The molecular formula is C17H12F3N3O2S. The van der Waals surface area contributed by atoms with Crippen molar-refractivity contribution in [3.63, 3.8) is 0 Å². The van der Waals surface area contributed by atoms with Crippen molar-refractivity contribution in [1.82, 2.24) is 4.98 Å². The van der Waals surface area contributed by atoms with Gasteiger partial charge in [-0.2, -0.15) is 5.10 Å². The number of nitrogens with zero attached hydrogens (tertiary/aromatic N) is 2. The Hall–Kier alpha value is -3.07. The summed E-state index contributed by atoms with van der Waals surface area (Å²) < 4.78 is 40.6. The van der Waals surface area contributed by atoms with Gasteiger partial charge in [0.2, 0.25) is 5.13 Å². The molecule has 3 rings (SSSR count). The molecule has 3 aromatic rings. The van der Waals surface area contributed by atoms with Gasteiger partial charge in [-0.25, -0.2) is 4.98 Å². The number of hydrazone groups is 1. The highest BCUT2D eigenvalue weighted by Gasteiger charge is 2.32. The number of anilines is 1. The number of hydrogen-bond donors (Lipinski definition) is 2. The molecule has 2 aromatic carbocycles. The maximum absolute atomic E-state index is 12.3. The highest BCUT2D eigenvalue weighted by molar-refractivity contribution is 7.14. The van der Waals surface area contributed by atoms with E-state index < -0.39 is 17.9 Å². The number of benzene rings is 2. The zero-order valence-electron chi connectivity index (χ0n) is 13.1. The maximum Gasteiger partial charge on any atom is 0.573 e. The van der Waals surface area contributed by atoms with Crippen LogP contribution in [0.25, 0.3) is 11.3 Å². The van der Waals surface area contributed by atoms with Crippen LogP contribution in [0.3, 0.4) is 0 Å². The second kappa shape index (κ2) is 7.44. The standard InChI is InChI=1S/C17H12F3N3O2S/c18-17(19,20)25-15-8-11(6-7-14(15)24)9-21-23-16-22-13(10-26-16)12-4-2-1-3-5-12/h1-10,24H,(H,22,23). The zero-order chi connectivity index (χ0) is 18.6. The van der Waals surface area contributed by atoms with Crippen LogP contribution in [-0.4, -0.2) is 22.7 Å². The van der Waals surface area contributed by atoms with Gasteiger partial charge in [-0.3, -0.25) is 5.43 Å². The van der Waals surface area contributed by atoms with E-state index in [1.165, 1.54) is 23.6 Å². The van der Waals surface area contributed by atoms with Crippen molar-refractivity contribution in [3.8, 4) is 22.8 Å². The molecule has 0 atom stereocenters. The number of phenolic OH excluding ortho intramolecular Hbond substituents is 1. The van der Waals surface area contributed by atoms with Crippen LogP contribution in [0.2, 0.25) is 0 Å². The van der Waals surface area contributed by atoms with E-state index in [2.05, 4.69) is 20.2 Å². The fourth-order valence-electron chi connectivity index (χ4n) is 2.05. The normalized spacial score (nSPS) is 11.7. The molecule has 0 amide bonds. The first-order chi connectivity index (χ1) is 12.4. The van der Waals surface area contributed by atoms with Crippen molar-refractivity contribution in [3.05, 3.63) is 59.5 Å². The summed E-state index contributed by atoms with van der Waals surface area (Å²) in [7, 11) is 0. The molecule has 0 unspecified atom stereocenters. The Balaban J connectivity index is 1.68. The van der Waals surface area contributed by atoms with E-state index in [0.717, 1.165) is 23.4 Å². The van der Waals surface area contributed by atoms with Gasteiger partial charge >= 0.3 is 6.36 Å². The van der Waals surface area contributed by atoms with Gasteiger partial charge < -0.3 is 9.84 Å². The molecule has 0 spiro atoms. The van der Waals surface area contributed by atoms with Crippen molar-refractivity contribution in [2.24, 2.45) is 5.10 Å². The first-order valence-corrected chi connectivity index (χ1v) is 8.17. The van der Waals surface area contributed by atoms with Crippen molar-refractivity contribution < 1.29 is 23.0 Å². The van der Waals surface area contributed by atoms with E-state index in [0.29, 0.717) is 10.7 Å². The molecule has 0 aliphatic carbocycles. The molecule has 0 saturated heterocycles. The smallest absolute Gasteiger partial charge is 0.504 e. The average molecular weight is 379 g/mol. The van der Waals surface area contributed by atoms with Crippen LogP contribution < -0.4 is 10.2 Å². The minimum atomic E-state index is -4.89. The molecule has 0 saturated carbocycles. The minimum Gasteiger partial charge on any atom is -0.504 e. The summed E-state index contributed by atoms with van der Waals surface area (Å²) in [6.45, 7) is 0. The molecule has 0 aliphatic rings. The summed E-state index contributed by atoms with van der Waals surface area (Å²) in [6, 6.07) is 13.1. The zero-order valence-corrected chi connectivity index (χ0v) is 13.9. The fraction of sp³-hybridized carbons (Fsp3) is 0.0588. The number of alkyl halides is 3. The monoisotopic (exact) mass is 379 g/mol. The Kier molecular flexibility index (Phi) is 5.08. The minimum absolute atomic E-state index is 0.314. The van der Waals surface area contributed by atoms with Crippen LogP contribution in [0, 0.1) is 0 Å². The number of thiazole rings is 1. The van der Waals surface area contributed by atoms with Crippen molar-refractivity contribution in [1.29, 1.82) is 0 Å². The number of hydrogen-bond acceptors (Lipinski definition) is 6. The molecule has 1 heterocycles. The molecule has 0 aliphatic heterocycles. The molecule has 134 valence electrons. The van der Waals surface area contributed by atoms with E-state index >= 15 is 0 Å². The predicted octanol–water partition coefficient (Wildman–Crippen LogP) is 4.86. The second-order valence-electron chi connectivity index (χ2n) is 5.05. The molecular weight excluding hydrogens is 367 g/mol. The van der Waals surface area contributed by atoms with E-state index in [1.54, 1.807) is 0 Å². The number of phenols is 1. The van der Waals surface area contributed by atoms with Crippen LogP contribution in [0.4, 0.5) is 18.3 Å². The van der Waals surface area contributed by atoms with Gasteiger partial charge in [-0.15, -0.1) is 24.5 Å². The molecule has 26 heavy (non-hydrogen) atoms. The number of aromatic hydroxyl groups is 1. The van der Waals surface area contributed by atoms with Crippen molar-refractivity contribution in [2.75, 3.05) is 5.43 Å². The molecule has 5 nitrogen and oxygen atoms in total. The Bertz CT molecular complexity index is 911. The highest BCUT2D eigenvalue weighted by atomic mass is 32.1. The predicted molar refractivity (Wildman–Crippen MR) is 93.6 cm³/mol. The van der Waals surface area contributed by atoms with Crippen LogP contribution in [0.15, 0.2) is 59.0 Å². The maximum atomic E-state index is 12.3. The second-order valence-corrected chi connectivity index (χ2v) is 5.91. The number of halogens is 3. The van der Waals surface area contributed by atoms with Gasteiger partial charge in [-0.1, -0.05) is 30.3 Å². The van der Waals surface area contributed by atoms with Crippen LogP contribution >= 0.6 is 11.3 Å². The van der Waals surface area contributed by atoms with E-state index in [4.69, 9.17) is 0 Å². The van der Waals surface area contributed by atoms with Gasteiger partial charge in [0.1, 0.15) is 0 Å². The molecule has 0 fully saturated rings. The van der Waals surface area contributed by atoms with Crippen molar-refractivity contribution >= 4 is 22.7 Å². The lowest BCUT2D eigenvalue weighted by Gasteiger charge is -2.10. The largest absolute Gasteiger partial charge is 0.573 e. The first kappa shape index (κ1) is 17.7. The highest BCUT2D eigenvalue weighted by Crippen LogP contribution is 2.31. The van der Waals surface area contributed by atoms with Gasteiger partial charge in [0.05, 0.1) is 11.9 Å². The summed E-state index contributed by atoms with van der Waals surface area (Å²) in [4.78, 5) is 4.37. The van der Waals surface area contributed by atoms with E-state index in [1.807, 2.05) is 35.7 Å². The van der Waals surface area contributed by atoms with Gasteiger partial charge in [0.25, 0.3) is 0 Å². The topological polar surface area (TPSA) is 66.7 Å². The molecule has 0 bridgehead atoms. The fourth-order valence-corrected chi connectivity index (χ4v) is 2.71. The van der Waals surface area contributed by atoms with Crippen LogP contribution in [0.5, 0.6) is 11.5 Å². The molecule has 2 N–H and O–H groups in total. The number of rotatable bonds is 5. The molecule has 1 aromatic heterocycles. The summed E-state index contributed by atoms with van der Waals surface area (Å²) in [5, 5.41) is 15.8. The SMILES string of the molecule is Oc1ccc(C=NNc2nc(-c3ccccc3)cs2)cc1OC(F)(F)F. The number of nitrogens with one attached hydrogen (secondary N) is 1. The Morgan fingerprint density at radius 3 is 2.65 bits per heavy atom. The third-order valence-electron chi connectivity index (χ3n) is 3.16. The van der Waals surface area contributed by atoms with Gasteiger partial charge in [-0.05, 0) is 23.8 Å². The summed E-state index contributed by atoms with van der Waals surface area (Å²) in [6.07, 6.45) is -3.59. The third-order valence-corrected chi connectivity index (χ3v) is 3.90. The molecule has 9 heteroatoms. The number of aromatic nitrogens is 1. The first-order valence-electron chi connectivity index (χ1n) is 7.29. The lowest BCUT2D eigenvalue weighted by molar-refractivity contribution is -0.275. The van der Waals surface area contributed by atoms with Crippen LogP contribution in [-0.2, 0) is 0 Å². The van der Waals surface area contributed by atoms with E-state index in [9.17, 15) is 18.3 Å². The lowest BCUT2D eigenvalue weighted by Crippen LogP contribution is -2.17.